The molecule has 0 saturated carbocycles. The molecule has 0 unspecified atom stereocenters. The molecule has 0 atom stereocenters. The molecule has 3 aromatic heterocycles. The first-order valence-electron chi connectivity index (χ1n) is 16.6. The van der Waals surface area contributed by atoms with Gasteiger partial charge in [-0.15, -0.1) is 11.3 Å². The summed E-state index contributed by atoms with van der Waals surface area (Å²) in [6.45, 7) is 0. The van der Waals surface area contributed by atoms with Crippen molar-refractivity contribution in [3.8, 4) is 56.4 Å². The second-order valence-electron chi connectivity index (χ2n) is 12.4. The van der Waals surface area contributed by atoms with Crippen molar-refractivity contribution in [1.29, 1.82) is 0 Å². The average molecular weight is 658 g/mol. The quantitative estimate of drug-likeness (QED) is 0.185. The topological polar surface area (TPSA) is 51.8 Å². The Bertz CT molecular complexity index is 2860. The van der Waals surface area contributed by atoms with E-state index in [0.29, 0.717) is 17.5 Å². The third-order valence-corrected chi connectivity index (χ3v) is 10.6. The molecule has 0 spiro atoms. The van der Waals surface area contributed by atoms with Gasteiger partial charge in [0.2, 0.25) is 0 Å². The van der Waals surface area contributed by atoms with Crippen LogP contribution in [-0.4, -0.2) is 15.0 Å². The Morgan fingerprint density at radius 2 is 0.980 bits per heavy atom. The van der Waals surface area contributed by atoms with Crippen molar-refractivity contribution in [3.63, 3.8) is 0 Å². The highest BCUT2D eigenvalue weighted by atomic mass is 32.1. The van der Waals surface area contributed by atoms with Crippen LogP contribution in [0, 0.1) is 0 Å². The maximum absolute atomic E-state index is 6.41. The molecule has 10 aromatic rings. The van der Waals surface area contributed by atoms with Crippen LogP contribution in [0.3, 0.4) is 0 Å². The summed E-state index contributed by atoms with van der Waals surface area (Å²) in [7, 11) is 0. The molecular weight excluding hydrogens is 631 g/mol. The van der Waals surface area contributed by atoms with E-state index >= 15 is 0 Å². The van der Waals surface area contributed by atoms with Gasteiger partial charge < -0.3 is 4.42 Å². The number of furan rings is 1. The molecular formula is C45H27N3OS. The summed E-state index contributed by atoms with van der Waals surface area (Å²) < 4.78 is 8.83. The van der Waals surface area contributed by atoms with E-state index in [-0.39, 0.29) is 0 Å². The first-order valence-corrected chi connectivity index (χ1v) is 17.4. The number of hydrogen-bond donors (Lipinski definition) is 0. The Morgan fingerprint density at radius 3 is 1.80 bits per heavy atom. The van der Waals surface area contributed by atoms with E-state index < -0.39 is 0 Å². The third-order valence-electron chi connectivity index (χ3n) is 9.37. The zero-order valence-electron chi connectivity index (χ0n) is 26.7. The van der Waals surface area contributed by atoms with Gasteiger partial charge in [-0.2, -0.15) is 0 Å². The first-order chi connectivity index (χ1) is 24.8. The van der Waals surface area contributed by atoms with Gasteiger partial charge in [0.25, 0.3) is 0 Å². The van der Waals surface area contributed by atoms with Crippen molar-refractivity contribution in [2.45, 2.75) is 0 Å². The second kappa shape index (κ2) is 11.6. The summed E-state index contributed by atoms with van der Waals surface area (Å²) in [5.41, 5.74) is 9.16. The number of nitrogens with zero attached hydrogens (tertiary/aromatic N) is 3. The van der Waals surface area contributed by atoms with Crippen LogP contribution < -0.4 is 0 Å². The van der Waals surface area contributed by atoms with Gasteiger partial charge in [-0.3, -0.25) is 0 Å². The summed E-state index contributed by atoms with van der Waals surface area (Å²) in [6.07, 6.45) is 0. The molecule has 0 N–H and O–H groups in total. The monoisotopic (exact) mass is 657 g/mol. The molecule has 0 radical (unpaired) electrons. The van der Waals surface area contributed by atoms with E-state index in [1.165, 1.54) is 31.3 Å². The number of hydrogen-bond acceptors (Lipinski definition) is 5. The lowest BCUT2D eigenvalue weighted by molar-refractivity contribution is 0.669. The van der Waals surface area contributed by atoms with Crippen LogP contribution in [0.4, 0.5) is 0 Å². The molecule has 3 heterocycles. The molecule has 0 aliphatic rings. The van der Waals surface area contributed by atoms with Crippen LogP contribution >= 0.6 is 11.3 Å². The Morgan fingerprint density at radius 1 is 0.380 bits per heavy atom. The highest BCUT2D eigenvalue weighted by Crippen LogP contribution is 2.41. The van der Waals surface area contributed by atoms with E-state index in [9.17, 15) is 0 Å². The van der Waals surface area contributed by atoms with Gasteiger partial charge in [0.1, 0.15) is 11.2 Å². The smallest absolute Gasteiger partial charge is 0.165 e. The molecule has 0 bridgehead atoms. The number of rotatable bonds is 5. The minimum Gasteiger partial charge on any atom is -0.456 e. The Kier molecular flexibility index (Phi) is 6.64. The van der Waals surface area contributed by atoms with E-state index in [0.717, 1.165) is 49.8 Å². The van der Waals surface area contributed by atoms with Gasteiger partial charge in [-0.25, -0.2) is 15.0 Å². The molecule has 0 aliphatic carbocycles. The fraction of sp³-hybridized carbons (Fsp3) is 0. The fourth-order valence-electron chi connectivity index (χ4n) is 6.94. The van der Waals surface area contributed by atoms with Gasteiger partial charge in [0, 0.05) is 47.6 Å². The molecule has 50 heavy (non-hydrogen) atoms. The van der Waals surface area contributed by atoms with Crippen molar-refractivity contribution in [2.24, 2.45) is 0 Å². The normalized spacial score (nSPS) is 11.6. The maximum Gasteiger partial charge on any atom is 0.165 e. The molecule has 234 valence electrons. The van der Waals surface area contributed by atoms with Gasteiger partial charge in [0.05, 0.1) is 0 Å². The third kappa shape index (κ3) is 4.79. The predicted octanol–water partition coefficient (Wildman–Crippen LogP) is 12.5. The summed E-state index contributed by atoms with van der Waals surface area (Å²) in [6, 6.07) is 56.8. The van der Waals surface area contributed by atoms with Gasteiger partial charge in [0.15, 0.2) is 17.5 Å². The number of benzene rings is 7. The van der Waals surface area contributed by atoms with Gasteiger partial charge in [-0.05, 0) is 58.7 Å². The van der Waals surface area contributed by atoms with Crippen LogP contribution in [0.1, 0.15) is 0 Å². The van der Waals surface area contributed by atoms with Crippen LogP contribution in [0.5, 0.6) is 0 Å². The highest BCUT2D eigenvalue weighted by molar-refractivity contribution is 7.26. The molecule has 0 amide bonds. The van der Waals surface area contributed by atoms with Crippen LogP contribution in [0.15, 0.2) is 168 Å². The minimum absolute atomic E-state index is 0.618. The van der Waals surface area contributed by atoms with Crippen LogP contribution in [0.25, 0.3) is 98.5 Å². The molecule has 0 saturated heterocycles. The zero-order valence-corrected chi connectivity index (χ0v) is 27.6. The molecule has 10 rings (SSSR count). The molecule has 4 nitrogen and oxygen atoms in total. The lowest BCUT2D eigenvalue weighted by Crippen LogP contribution is -2.00. The maximum atomic E-state index is 6.41. The van der Waals surface area contributed by atoms with Crippen LogP contribution in [-0.2, 0) is 0 Å². The summed E-state index contributed by atoms with van der Waals surface area (Å²) in [5.74, 6) is 1.91. The molecule has 0 fully saturated rings. The van der Waals surface area contributed by atoms with Gasteiger partial charge in [-0.1, -0.05) is 127 Å². The van der Waals surface area contributed by atoms with Crippen molar-refractivity contribution < 1.29 is 4.42 Å². The lowest BCUT2D eigenvalue weighted by Gasteiger charge is -2.09. The lowest BCUT2D eigenvalue weighted by atomic mass is 9.96. The van der Waals surface area contributed by atoms with E-state index in [1.807, 2.05) is 54.6 Å². The highest BCUT2D eigenvalue weighted by Gasteiger charge is 2.18. The van der Waals surface area contributed by atoms with E-state index in [4.69, 9.17) is 19.4 Å². The fourth-order valence-corrected chi connectivity index (χ4v) is 8.16. The van der Waals surface area contributed by atoms with Crippen LogP contribution in [0.2, 0.25) is 0 Å². The number of thiophene rings is 1. The SMILES string of the molecule is c1ccc(-c2ccc(-c3cccc4oc5ccc(-c6nc(-c7ccccc7)nc(-c7cccc8c7sc7ccccc78)n6)cc5c34)cc2)cc1. The minimum atomic E-state index is 0.618. The molecule has 7 aromatic carbocycles. The van der Waals surface area contributed by atoms with Crippen molar-refractivity contribution in [1.82, 2.24) is 15.0 Å². The number of aromatic nitrogens is 3. The van der Waals surface area contributed by atoms with Crippen molar-refractivity contribution >= 4 is 53.4 Å². The average Bonchev–Trinajstić information content (AvgIpc) is 3.77. The number of fused-ring (bicyclic) bond motifs is 6. The largest absolute Gasteiger partial charge is 0.456 e. The van der Waals surface area contributed by atoms with Crippen molar-refractivity contribution in [3.05, 3.63) is 164 Å². The Balaban J connectivity index is 1.15. The zero-order chi connectivity index (χ0) is 33.0. The Labute approximate surface area is 292 Å². The molecule has 5 heteroatoms. The summed E-state index contributed by atoms with van der Waals surface area (Å²) in [5, 5.41) is 4.55. The van der Waals surface area contributed by atoms with E-state index in [2.05, 4.69) is 109 Å². The first kappa shape index (κ1) is 28.6. The standard InChI is InChI=1S/C45H27N3OS/c1-3-11-28(12-4-1)29-21-23-30(24-22-29)33-16-10-19-39-41(33)37-27-32(25-26-38(37)49-39)44-46-43(31-13-5-2-6-14-31)47-45(48-44)36-18-9-17-35-34-15-7-8-20-40(34)50-42(35)36/h1-27H. The predicted molar refractivity (Wildman–Crippen MR) is 207 cm³/mol. The van der Waals surface area contributed by atoms with E-state index in [1.54, 1.807) is 11.3 Å². The van der Waals surface area contributed by atoms with Gasteiger partial charge >= 0.3 is 0 Å². The molecule has 0 aliphatic heterocycles. The summed E-state index contributed by atoms with van der Waals surface area (Å²) >= 11 is 1.78. The second-order valence-corrected chi connectivity index (χ2v) is 13.4. The Hall–Kier alpha value is -6.43. The summed E-state index contributed by atoms with van der Waals surface area (Å²) in [4.78, 5) is 15.3. The van der Waals surface area contributed by atoms with Crippen molar-refractivity contribution in [2.75, 3.05) is 0 Å².